The van der Waals surface area contributed by atoms with Gasteiger partial charge in [-0.25, -0.2) is 0 Å². The Morgan fingerprint density at radius 2 is 1.77 bits per heavy atom. The Labute approximate surface area is 130 Å². The van der Waals surface area contributed by atoms with Crippen molar-refractivity contribution in [2.45, 2.75) is 26.3 Å². The van der Waals surface area contributed by atoms with Gasteiger partial charge < -0.3 is 10.6 Å². The third-order valence-electron chi connectivity index (χ3n) is 3.26. The van der Waals surface area contributed by atoms with Crippen molar-refractivity contribution in [2.24, 2.45) is 0 Å². The van der Waals surface area contributed by atoms with Gasteiger partial charge in [0.05, 0.1) is 0 Å². The van der Waals surface area contributed by atoms with Crippen molar-refractivity contribution in [3.05, 3.63) is 65.7 Å². The lowest BCUT2D eigenvalue weighted by molar-refractivity contribution is -0.125. The Bertz CT molecular complexity index is 653. The molecule has 2 aromatic rings. The molecule has 0 aliphatic heterocycles. The number of hydrogen-bond acceptors (Lipinski definition) is 2. The van der Waals surface area contributed by atoms with Gasteiger partial charge in [-0.3, -0.25) is 9.59 Å². The Kier molecular flexibility index (Phi) is 5.31. The van der Waals surface area contributed by atoms with Crippen molar-refractivity contribution in [2.75, 3.05) is 5.32 Å². The van der Waals surface area contributed by atoms with E-state index in [4.69, 9.17) is 0 Å². The van der Waals surface area contributed by atoms with Crippen LogP contribution < -0.4 is 10.6 Å². The van der Waals surface area contributed by atoms with Crippen molar-refractivity contribution in [1.29, 1.82) is 0 Å². The molecular weight excluding hydrogens is 276 g/mol. The van der Waals surface area contributed by atoms with Crippen molar-refractivity contribution in [3.63, 3.8) is 0 Å². The van der Waals surface area contributed by atoms with E-state index in [1.165, 1.54) is 6.92 Å². The minimum Gasteiger partial charge on any atom is -0.344 e. The summed E-state index contributed by atoms with van der Waals surface area (Å²) in [6, 6.07) is 16.6. The predicted octanol–water partition coefficient (Wildman–Crippen LogP) is 2.68. The number of hydrogen-bond donors (Lipinski definition) is 2. The average molecular weight is 296 g/mol. The van der Waals surface area contributed by atoms with Crippen LogP contribution >= 0.6 is 0 Å². The van der Waals surface area contributed by atoms with Gasteiger partial charge in [-0.1, -0.05) is 42.5 Å². The summed E-state index contributed by atoms with van der Waals surface area (Å²) in [7, 11) is 0. The quantitative estimate of drug-likeness (QED) is 0.891. The van der Waals surface area contributed by atoms with Gasteiger partial charge in [-0.15, -0.1) is 0 Å². The summed E-state index contributed by atoms with van der Waals surface area (Å²) < 4.78 is 0. The lowest BCUT2D eigenvalue weighted by Crippen LogP contribution is -2.44. The fourth-order valence-corrected chi connectivity index (χ4v) is 2.26. The lowest BCUT2D eigenvalue weighted by Gasteiger charge is -2.18. The molecule has 0 spiro atoms. The second kappa shape index (κ2) is 7.41. The molecule has 2 N–H and O–H groups in total. The highest BCUT2D eigenvalue weighted by Gasteiger charge is 2.20. The van der Waals surface area contributed by atoms with Crippen molar-refractivity contribution >= 4 is 17.5 Å². The molecule has 1 atom stereocenters. The summed E-state index contributed by atoms with van der Waals surface area (Å²) in [5.74, 6) is -0.440. The number of aryl methyl sites for hydroxylation is 1. The second-order valence-electron chi connectivity index (χ2n) is 5.30. The molecule has 0 aromatic heterocycles. The molecule has 0 aliphatic rings. The van der Waals surface area contributed by atoms with Crippen LogP contribution in [-0.4, -0.2) is 17.9 Å². The van der Waals surface area contributed by atoms with Crippen LogP contribution in [0.4, 0.5) is 5.69 Å². The number of carbonyl (C=O) groups excluding carboxylic acids is 2. The maximum atomic E-state index is 12.4. The highest BCUT2D eigenvalue weighted by Crippen LogP contribution is 2.11. The van der Waals surface area contributed by atoms with Crippen LogP contribution in [0.25, 0.3) is 0 Å². The van der Waals surface area contributed by atoms with E-state index in [2.05, 4.69) is 10.6 Å². The molecule has 2 aromatic carbocycles. The van der Waals surface area contributed by atoms with Crippen LogP contribution in [0.15, 0.2) is 54.6 Å². The van der Waals surface area contributed by atoms with Crippen LogP contribution in [0.2, 0.25) is 0 Å². The Morgan fingerprint density at radius 1 is 1.05 bits per heavy atom. The average Bonchev–Trinajstić information content (AvgIpc) is 2.47. The zero-order valence-corrected chi connectivity index (χ0v) is 12.8. The summed E-state index contributed by atoms with van der Waals surface area (Å²) in [4.78, 5) is 23.8. The van der Waals surface area contributed by atoms with Gasteiger partial charge in [0.2, 0.25) is 11.8 Å². The van der Waals surface area contributed by atoms with E-state index < -0.39 is 6.04 Å². The van der Waals surface area contributed by atoms with Crippen LogP contribution in [0, 0.1) is 6.92 Å². The topological polar surface area (TPSA) is 58.2 Å². The first kappa shape index (κ1) is 15.8. The Hall–Kier alpha value is -2.62. The molecule has 0 saturated heterocycles. The summed E-state index contributed by atoms with van der Waals surface area (Å²) in [5.41, 5.74) is 2.80. The van der Waals surface area contributed by atoms with Gasteiger partial charge in [0.25, 0.3) is 0 Å². The zero-order chi connectivity index (χ0) is 15.9. The van der Waals surface area contributed by atoms with E-state index in [0.717, 1.165) is 16.8 Å². The largest absolute Gasteiger partial charge is 0.344 e. The molecule has 114 valence electrons. The van der Waals surface area contributed by atoms with E-state index in [1.54, 1.807) is 0 Å². The van der Waals surface area contributed by atoms with Gasteiger partial charge in [-0.2, -0.15) is 0 Å². The summed E-state index contributed by atoms with van der Waals surface area (Å²) >= 11 is 0. The number of carbonyl (C=O) groups is 2. The number of anilines is 1. The molecule has 0 bridgehead atoms. The standard InChI is InChI=1S/C18H20N2O2/c1-13-7-6-10-16(11-13)20-18(22)17(19-14(2)21)12-15-8-4-3-5-9-15/h3-11,17H,12H2,1-2H3,(H,19,21)(H,20,22)/t17-/m1/s1. The summed E-state index contributed by atoms with van der Waals surface area (Å²) in [5, 5.41) is 5.57. The molecule has 2 amide bonds. The van der Waals surface area contributed by atoms with E-state index >= 15 is 0 Å². The van der Waals surface area contributed by atoms with Gasteiger partial charge in [0.1, 0.15) is 6.04 Å². The molecule has 22 heavy (non-hydrogen) atoms. The van der Waals surface area contributed by atoms with Gasteiger partial charge in [0, 0.05) is 19.0 Å². The van der Waals surface area contributed by atoms with Gasteiger partial charge >= 0.3 is 0 Å². The van der Waals surface area contributed by atoms with E-state index in [0.29, 0.717) is 6.42 Å². The maximum absolute atomic E-state index is 12.4. The smallest absolute Gasteiger partial charge is 0.247 e. The molecular formula is C18H20N2O2. The van der Waals surface area contributed by atoms with E-state index in [1.807, 2.05) is 61.5 Å². The van der Waals surface area contributed by atoms with Crippen LogP contribution in [0.3, 0.4) is 0 Å². The minimum absolute atomic E-state index is 0.218. The van der Waals surface area contributed by atoms with Crippen molar-refractivity contribution in [1.82, 2.24) is 5.32 Å². The Morgan fingerprint density at radius 3 is 2.41 bits per heavy atom. The number of amides is 2. The van der Waals surface area contributed by atoms with Crippen molar-refractivity contribution < 1.29 is 9.59 Å². The molecule has 0 saturated carbocycles. The molecule has 4 nitrogen and oxygen atoms in total. The van der Waals surface area contributed by atoms with E-state index in [-0.39, 0.29) is 11.8 Å². The third kappa shape index (κ3) is 4.74. The SMILES string of the molecule is CC(=O)N[C@H](Cc1ccccc1)C(=O)Nc1cccc(C)c1. The Balaban J connectivity index is 2.10. The molecule has 0 fully saturated rings. The number of benzene rings is 2. The molecule has 0 unspecified atom stereocenters. The first-order chi connectivity index (χ1) is 10.5. The number of nitrogens with one attached hydrogen (secondary N) is 2. The summed E-state index contributed by atoms with van der Waals surface area (Å²) in [6.07, 6.45) is 0.456. The molecule has 4 heteroatoms. The second-order valence-corrected chi connectivity index (χ2v) is 5.30. The third-order valence-corrected chi connectivity index (χ3v) is 3.26. The summed E-state index contributed by atoms with van der Waals surface area (Å²) in [6.45, 7) is 3.38. The fourth-order valence-electron chi connectivity index (χ4n) is 2.26. The van der Waals surface area contributed by atoms with Gasteiger partial charge in [0.15, 0.2) is 0 Å². The van der Waals surface area contributed by atoms with Gasteiger partial charge in [-0.05, 0) is 30.2 Å². The highest BCUT2D eigenvalue weighted by atomic mass is 16.2. The first-order valence-corrected chi connectivity index (χ1v) is 7.23. The highest BCUT2D eigenvalue weighted by molar-refractivity contribution is 5.97. The molecule has 0 aliphatic carbocycles. The first-order valence-electron chi connectivity index (χ1n) is 7.23. The molecule has 2 rings (SSSR count). The molecule has 0 heterocycles. The van der Waals surface area contributed by atoms with Crippen LogP contribution in [-0.2, 0) is 16.0 Å². The molecule has 0 radical (unpaired) electrons. The van der Waals surface area contributed by atoms with E-state index in [9.17, 15) is 9.59 Å². The number of rotatable bonds is 5. The van der Waals surface area contributed by atoms with Crippen LogP contribution in [0.5, 0.6) is 0 Å². The maximum Gasteiger partial charge on any atom is 0.247 e. The minimum atomic E-state index is -0.597. The predicted molar refractivity (Wildman–Crippen MR) is 87.6 cm³/mol. The van der Waals surface area contributed by atoms with Crippen LogP contribution in [0.1, 0.15) is 18.1 Å². The lowest BCUT2D eigenvalue weighted by atomic mass is 10.0. The zero-order valence-electron chi connectivity index (χ0n) is 12.8. The monoisotopic (exact) mass is 296 g/mol. The fraction of sp³-hybridized carbons (Fsp3) is 0.222. The normalized spacial score (nSPS) is 11.5. The van der Waals surface area contributed by atoms with Crippen molar-refractivity contribution in [3.8, 4) is 0 Å².